The Morgan fingerprint density at radius 2 is 2.50 bits per heavy atom. The van der Waals surface area contributed by atoms with Crippen molar-refractivity contribution in [1.29, 1.82) is 0 Å². The molecule has 1 heterocycles. The molecule has 0 atom stereocenters. The number of Topliss-reactive ketones (excluding diaryl/α,β-unsaturated/α-hetero) is 1. The zero-order valence-corrected chi connectivity index (χ0v) is 6.87. The second-order valence-electron chi connectivity index (χ2n) is 2.42. The highest BCUT2D eigenvalue weighted by Gasteiger charge is 2.07. The van der Waals surface area contributed by atoms with Gasteiger partial charge in [0.25, 0.3) is 0 Å². The van der Waals surface area contributed by atoms with E-state index in [1.807, 2.05) is 0 Å². The van der Waals surface area contributed by atoms with E-state index in [0.29, 0.717) is 11.3 Å². The maximum Gasteiger partial charge on any atom is 0.180 e. The second kappa shape index (κ2) is 3.82. The van der Waals surface area contributed by atoms with Crippen LogP contribution in [0.3, 0.4) is 0 Å². The molecular weight excluding hydrogens is 154 g/mol. The standard InChI is InChI=1S/C8H11N3O/c1-10-5-8(12)6-4-11-3-2-7(6)9/h2-4,10H,5H2,1H3,(H2,9,11). The molecule has 0 aromatic carbocycles. The van der Waals surface area contributed by atoms with E-state index in [1.165, 1.54) is 6.20 Å². The minimum absolute atomic E-state index is 0.0388. The van der Waals surface area contributed by atoms with E-state index >= 15 is 0 Å². The summed E-state index contributed by atoms with van der Waals surface area (Å²) in [5, 5.41) is 2.76. The minimum atomic E-state index is -0.0388. The maximum atomic E-state index is 11.3. The smallest absolute Gasteiger partial charge is 0.180 e. The summed E-state index contributed by atoms with van der Waals surface area (Å²) in [7, 11) is 1.71. The number of rotatable bonds is 3. The van der Waals surface area contributed by atoms with Crippen LogP contribution in [0.2, 0.25) is 0 Å². The van der Waals surface area contributed by atoms with Crippen molar-refractivity contribution in [3.8, 4) is 0 Å². The van der Waals surface area contributed by atoms with Crippen molar-refractivity contribution in [1.82, 2.24) is 10.3 Å². The van der Waals surface area contributed by atoms with Crippen molar-refractivity contribution in [2.24, 2.45) is 0 Å². The van der Waals surface area contributed by atoms with E-state index in [0.717, 1.165) is 0 Å². The molecule has 12 heavy (non-hydrogen) atoms. The monoisotopic (exact) mass is 165 g/mol. The van der Waals surface area contributed by atoms with Crippen LogP contribution >= 0.6 is 0 Å². The van der Waals surface area contributed by atoms with Crippen molar-refractivity contribution < 1.29 is 4.79 Å². The highest BCUT2D eigenvalue weighted by atomic mass is 16.1. The predicted molar refractivity (Wildman–Crippen MR) is 46.9 cm³/mol. The number of nitrogens with zero attached hydrogens (tertiary/aromatic N) is 1. The summed E-state index contributed by atoms with van der Waals surface area (Å²) in [4.78, 5) is 15.1. The number of likely N-dealkylation sites (N-methyl/N-ethyl adjacent to an activating group) is 1. The fraction of sp³-hybridized carbons (Fsp3) is 0.250. The molecule has 1 aromatic rings. The molecule has 0 spiro atoms. The van der Waals surface area contributed by atoms with E-state index in [4.69, 9.17) is 5.73 Å². The molecule has 64 valence electrons. The number of carbonyl (C=O) groups excluding carboxylic acids is 1. The molecule has 0 amide bonds. The van der Waals surface area contributed by atoms with Crippen LogP contribution in [0.5, 0.6) is 0 Å². The number of anilines is 1. The number of ketones is 1. The number of nitrogen functional groups attached to an aromatic ring is 1. The largest absolute Gasteiger partial charge is 0.398 e. The Labute approximate surface area is 70.8 Å². The highest BCUT2D eigenvalue weighted by Crippen LogP contribution is 2.08. The van der Waals surface area contributed by atoms with Crippen molar-refractivity contribution in [3.05, 3.63) is 24.0 Å². The summed E-state index contributed by atoms with van der Waals surface area (Å²) >= 11 is 0. The Morgan fingerprint density at radius 3 is 3.08 bits per heavy atom. The molecule has 0 bridgehead atoms. The number of pyridine rings is 1. The van der Waals surface area contributed by atoms with Gasteiger partial charge in [0.1, 0.15) is 0 Å². The van der Waals surface area contributed by atoms with Crippen LogP contribution in [0.15, 0.2) is 18.5 Å². The summed E-state index contributed by atoms with van der Waals surface area (Å²) < 4.78 is 0. The van der Waals surface area contributed by atoms with Gasteiger partial charge in [-0.1, -0.05) is 0 Å². The van der Waals surface area contributed by atoms with Gasteiger partial charge in [0, 0.05) is 18.1 Å². The van der Waals surface area contributed by atoms with E-state index < -0.39 is 0 Å². The molecule has 0 radical (unpaired) electrons. The van der Waals surface area contributed by atoms with Gasteiger partial charge in [0.05, 0.1) is 12.1 Å². The SMILES string of the molecule is CNCC(=O)c1cnccc1N. The Bertz CT molecular complexity index is 285. The molecule has 0 saturated heterocycles. The topological polar surface area (TPSA) is 68.0 Å². The van der Waals surface area contributed by atoms with Gasteiger partial charge >= 0.3 is 0 Å². The fourth-order valence-electron chi connectivity index (χ4n) is 0.894. The Morgan fingerprint density at radius 1 is 1.75 bits per heavy atom. The first kappa shape index (κ1) is 8.67. The zero-order valence-electron chi connectivity index (χ0n) is 6.87. The quantitative estimate of drug-likeness (QED) is 0.622. The molecule has 0 aliphatic heterocycles. The van der Waals surface area contributed by atoms with E-state index in [2.05, 4.69) is 10.3 Å². The molecule has 4 nitrogen and oxygen atoms in total. The lowest BCUT2D eigenvalue weighted by Gasteiger charge is -2.01. The molecule has 0 saturated carbocycles. The lowest BCUT2D eigenvalue weighted by molar-refractivity contribution is 0.0994. The number of aromatic nitrogens is 1. The second-order valence-corrected chi connectivity index (χ2v) is 2.42. The van der Waals surface area contributed by atoms with Gasteiger partial charge in [0.2, 0.25) is 0 Å². The molecule has 0 aliphatic rings. The molecule has 1 aromatic heterocycles. The van der Waals surface area contributed by atoms with Gasteiger partial charge in [0.15, 0.2) is 5.78 Å². The number of nitrogens with one attached hydrogen (secondary N) is 1. The van der Waals surface area contributed by atoms with Crippen LogP contribution < -0.4 is 11.1 Å². The number of hydrogen-bond acceptors (Lipinski definition) is 4. The van der Waals surface area contributed by atoms with Crippen LogP contribution in [0.4, 0.5) is 5.69 Å². The van der Waals surface area contributed by atoms with Gasteiger partial charge in [-0.3, -0.25) is 9.78 Å². The first-order valence-electron chi connectivity index (χ1n) is 3.63. The van der Waals surface area contributed by atoms with Crippen molar-refractivity contribution in [2.75, 3.05) is 19.3 Å². The van der Waals surface area contributed by atoms with E-state index in [1.54, 1.807) is 19.3 Å². The van der Waals surface area contributed by atoms with Crippen molar-refractivity contribution >= 4 is 11.5 Å². The van der Waals surface area contributed by atoms with Gasteiger partial charge in [-0.05, 0) is 13.1 Å². The van der Waals surface area contributed by atoms with Crippen LogP contribution in [-0.2, 0) is 0 Å². The van der Waals surface area contributed by atoms with Gasteiger partial charge < -0.3 is 11.1 Å². The summed E-state index contributed by atoms with van der Waals surface area (Å²) in [5.74, 6) is -0.0388. The normalized spacial score (nSPS) is 9.75. The van der Waals surface area contributed by atoms with Gasteiger partial charge in [-0.2, -0.15) is 0 Å². The first-order chi connectivity index (χ1) is 5.75. The Balaban J connectivity index is 2.87. The Kier molecular flexibility index (Phi) is 2.76. The van der Waals surface area contributed by atoms with Crippen molar-refractivity contribution in [2.45, 2.75) is 0 Å². The lowest BCUT2D eigenvalue weighted by Crippen LogP contribution is -2.19. The average molecular weight is 165 g/mol. The molecular formula is C8H11N3O. The number of hydrogen-bond donors (Lipinski definition) is 2. The lowest BCUT2D eigenvalue weighted by atomic mass is 10.1. The van der Waals surface area contributed by atoms with Crippen LogP contribution in [0.25, 0.3) is 0 Å². The fourth-order valence-corrected chi connectivity index (χ4v) is 0.894. The Hall–Kier alpha value is -1.42. The molecule has 0 fully saturated rings. The summed E-state index contributed by atoms with van der Waals surface area (Å²) in [6.45, 7) is 0.288. The third-order valence-electron chi connectivity index (χ3n) is 1.49. The molecule has 3 N–H and O–H groups in total. The van der Waals surface area contributed by atoms with Crippen LogP contribution in [0, 0.1) is 0 Å². The third-order valence-corrected chi connectivity index (χ3v) is 1.49. The van der Waals surface area contributed by atoms with Crippen LogP contribution in [-0.4, -0.2) is 24.4 Å². The van der Waals surface area contributed by atoms with E-state index in [-0.39, 0.29) is 12.3 Å². The minimum Gasteiger partial charge on any atom is -0.398 e. The summed E-state index contributed by atoms with van der Waals surface area (Å²) in [5.41, 5.74) is 6.52. The summed E-state index contributed by atoms with van der Waals surface area (Å²) in [6.07, 6.45) is 3.04. The highest BCUT2D eigenvalue weighted by molar-refractivity contribution is 6.01. The zero-order chi connectivity index (χ0) is 8.97. The predicted octanol–water partition coefficient (Wildman–Crippen LogP) is 0.0659. The van der Waals surface area contributed by atoms with Crippen LogP contribution in [0.1, 0.15) is 10.4 Å². The maximum absolute atomic E-state index is 11.3. The number of nitrogens with two attached hydrogens (primary N) is 1. The molecule has 0 unspecified atom stereocenters. The van der Waals surface area contributed by atoms with Crippen molar-refractivity contribution in [3.63, 3.8) is 0 Å². The average Bonchev–Trinajstić information content (AvgIpc) is 2.05. The number of carbonyl (C=O) groups is 1. The third kappa shape index (κ3) is 1.79. The van der Waals surface area contributed by atoms with Gasteiger partial charge in [-0.15, -0.1) is 0 Å². The molecule has 0 aliphatic carbocycles. The van der Waals surface area contributed by atoms with Gasteiger partial charge in [-0.25, -0.2) is 0 Å². The first-order valence-corrected chi connectivity index (χ1v) is 3.63. The molecule has 1 rings (SSSR count). The van der Waals surface area contributed by atoms with E-state index in [9.17, 15) is 4.79 Å². The summed E-state index contributed by atoms with van der Waals surface area (Å²) in [6, 6.07) is 1.61. The molecule has 4 heteroatoms.